The summed E-state index contributed by atoms with van der Waals surface area (Å²) in [6.45, 7) is 4.31. The van der Waals surface area contributed by atoms with E-state index in [-0.39, 0.29) is 11.8 Å². The van der Waals surface area contributed by atoms with E-state index in [0.29, 0.717) is 29.9 Å². The van der Waals surface area contributed by atoms with Crippen LogP contribution in [0.3, 0.4) is 0 Å². The first kappa shape index (κ1) is 23.2. The number of nitrogens with one attached hydrogen (secondary N) is 1. The molecule has 2 aromatic rings. The zero-order chi connectivity index (χ0) is 23.2. The normalized spacial score (nSPS) is 18.0. The number of benzene rings is 2. The molecule has 2 aliphatic rings. The second-order valence-electron chi connectivity index (χ2n) is 8.09. The molecule has 1 atom stereocenters. The summed E-state index contributed by atoms with van der Waals surface area (Å²) in [6.07, 6.45) is 2.10. The fourth-order valence-corrected chi connectivity index (χ4v) is 4.87. The van der Waals surface area contributed by atoms with E-state index >= 15 is 0 Å². The molecule has 5 nitrogen and oxygen atoms in total. The molecule has 0 saturated carbocycles. The van der Waals surface area contributed by atoms with Gasteiger partial charge in [0.15, 0.2) is 5.78 Å². The van der Waals surface area contributed by atoms with E-state index in [4.69, 9.17) is 9.47 Å². The van der Waals surface area contributed by atoms with Crippen molar-refractivity contribution in [2.45, 2.75) is 39.0 Å². The number of thioether (sulfide) groups is 1. The quantitative estimate of drug-likeness (QED) is 0.398. The Morgan fingerprint density at radius 2 is 1.88 bits per heavy atom. The van der Waals surface area contributed by atoms with Crippen molar-refractivity contribution < 1.29 is 19.1 Å². The number of para-hydroxylation sites is 1. The monoisotopic (exact) mass is 463 g/mol. The van der Waals surface area contributed by atoms with Crippen molar-refractivity contribution >= 4 is 23.5 Å². The molecule has 6 heteroatoms. The van der Waals surface area contributed by atoms with Crippen molar-refractivity contribution in [2.24, 2.45) is 0 Å². The average molecular weight is 464 g/mol. The van der Waals surface area contributed by atoms with E-state index in [1.807, 2.05) is 61.5 Å². The van der Waals surface area contributed by atoms with E-state index in [1.165, 1.54) is 0 Å². The van der Waals surface area contributed by atoms with E-state index < -0.39 is 5.92 Å². The smallest absolute Gasteiger partial charge is 0.336 e. The molecule has 172 valence electrons. The Balaban J connectivity index is 1.70. The molecular formula is C27H29NO4S. The van der Waals surface area contributed by atoms with Gasteiger partial charge < -0.3 is 14.8 Å². The topological polar surface area (TPSA) is 64.6 Å². The number of carbonyl (C=O) groups is 2. The van der Waals surface area contributed by atoms with Crippen LogP contribution in [0.5, 0.6) is 11.5 Å². The van der Waals surface area contributed by atoms with Gasteiger partial charge in [-0.2, -0.15) is 11.8 Å². The molecule has 0 fully saturated rings. The minimum atomic E-state index is -0.472. The largest absolute Gasteiger partial charge is 0.461 e. The van der Waals surface area contributed by atoms with Crippen molar-refractivity contribution in [3.8, 4) is 11.5 Å². The molecule has 33 heavy (non-hydrogen) atoms. The maximum Gasteiger partial charge on any atom is 0.336 e. The van der Waals surface area contributed by atoms with Gasteiger partial charge in [-0.1, -0.05) is 37.3 Å². The number of rotatable bonds is 8. The minimum Gasteiger partial charge on any atom is -0.461 e. The number of Topliss-reactive ketones (excluding diaryl/α,β-unsaturated/α-hetero) is 1. The fraction of sp³-hybridized carbons (Fsp3) is 0.333. The van der Waals surface area contributed by atoms with Crippen LogP contribution in [0, 0.1) is 0 Å². The highest BCUT2D eigenvalue weighted by molar-refractivity contribution is 7.99. The van der Waals surface area contributed by atoms with Crippen LogP contribution in [0.2, 0.25) is 0 Å². The number of carbonyl (C=O) groups excluding carboxylic acids is 2. The second kappa shape index (κ2) is 10.8. The molecule has 1 unspecified atom stereocenters. The summed E-state index contributed by atoms with van der Waals surface area (Å²) in [7, 11) is 0. The predicted molar refractivity (Wildman–Crippen MR) is 131 cm³/mol. The van der Waals surface area contributed by atoms with Gasteiger partial charge in [-0.3, -0.25) is 4.79 Å². The number of esters is 1. The minimum absolute atomic E-state index is 0.0856. The van der Waals surface area contributed by atoms with Crippen LogP contribution in [0.25, 0.3) is 0 Å². The summed E-state index contributed by atoms with van der Waals surface area (Å²) in [5.41, 5.74) is 3.69. The van der Waals surface area contributed by atoms with Crippen molar-refractivity contribution in [1.29, 1.82) is 0 Å². The second-order valence-corrected chi connectivity index (χ2v) is 9.48. The Morgan fingerprint density at radius 1 is 1.09 bits per heavy atom. The van der Waals surface area contributed by atoms with Crippen molar-refractivity contribution in [3.63, 3.8) is 0 Å². The summed E-state index contributed by atoms with van der Waals surface area (Å²) < 4.78 is 11.7. The third kappa shape index (κ3) is 5.33. The van der Waals surface area contributed by atoms with Gasteiger partial charge in [0.05, 0.1) is 5.57 Å². The highest BCUT2D eigenvalue weighted by Crippen LogP contribution is 2.43. The Hall–Kier alpha value is -2.99. The van der Waals surface area contributed by atoms with E-state index in [0.717, 1.165) is 47.1 Å². The number of hydrogen-bond donors (Lipinski definition) is 1. The molecule has 1 aliphatic carbocycles. The highest BCUT2D eigenvalue weighted by Gasteiger charge is 2.39. The molecule has 0 amide bonds. The molecular weight excluding hydrogens is 434 g/mol. The molecule has 0 radical (unpaired) electrons. The summed E-state index contributed by atoms with van der Waals surface area (Å²) in [5.74, 6) is 2.35. The molecule has 0 aromatic heterocycles. The van der Waals surface area contributed by atoms with Gasteiger partial charge in [0, 0.05) is 35.1 Å². The van der Waals surface area contributed by atoms with E-state index in [1.54, 1.807) is 11.8 Å². The Morgan fingerprint density at radius 3 is 2.67 bits per heavy atom. The van der Waals surface area contributed by atoms with Crippen LogP contribution in [0.1, 0.15) is 44.6 Å². The zero-order valence-corrected chi connectivity index (χ0v) is 19.9. The lowest BCUT2D eigenvalue weighted by atomic mass is 9.75. The van der Waals surface area contributed by atoms with Gasteiger partial charge in [-0.05, 0) is 55.3 Å². The van der Waals surface area contributed by atoms with Gasteiger partial charge >= 0.3 is 5.97 Å². The van der Waals surface area contributed by atoms with Gasteiger partial charge in [0.25, 0.3) is 0 Å². The maximum atomic E-state index is 13.2. The third-order valence-electron chi connectivity index (χ3n) is 5.83. The Kier molecular flexibility index (Phi) is 7.55. The first-order chi connectivity index (χ1) is 16.1. The zero-order valence-electron chi connectivity index (χ0n) is 19.1. The number of allylic oxidation sites excluding steroid dienone is 3. The molecule has 1 heterocycles. The molecule has 1 aliphatic heterocycles. The number of ketones is 1. The number of ether oxygens (including phenoxy) is 2. The standard InChI is InChI=1S/C27H29NO4S/c1-3-33-16-15-31-27(30)24-18(2)28-22-13-8-14-23(29)26(22)25(24)19-9-7-12-21(17-19)32-20-10-5-4-6-11-20/h4-7,9-12,17,25,28H,3,8,13-16H2,1-2H3. The molecule has 1 N–H and O–H groups in total. The van der Waals surface area contributed by atoms with Crippen LogP contribution in [0.4, 0.5) is 0 Å². The van der Waals surface area contributed by atoms with E-state index in [9.17, 15) is 9.59 Å². The third-order valence-corrected chi connectivity index (χ3v) is 6.69. The first-order valence-electron chi connectivity index (χ1n) is 11.4. The van der Waals surface area contributed by atoms with E-state index in [2.05, 4.69) is 12.2 Å². The Bertz CT molecular complexity index is 1090. The number of hydrogen-bond acceptors (Lipinski definition) is 6. The maximum absolute atomic E-state index is 13.2. The van der Waals surface area contributed by atoms with Crippen LogP contribution in [-0.2, 0) is 14.3 Å². The molecule has 0 spiro atoms. The first-order valence-corrected chi connectivity index (χ1v) is 12.6. The molecule has 2 aromatic carbocycles. The summed E-state index contributed by atoms with van der Waals surface area (Å²) in [5, 5.41) is 3.34. The SMILES string of the molecule is CCSCCOC(=O)C1=C(C)NC2=C(C(=O)CCC2)C1c1cccc(Oc2ccccc2)c1. The fourth-order valence-electron chi connectivity index (χ4n) is 4.38. The van der Waals surface area contributed by atoms with Crippen LogP contribution in [0.15, 0.2) is 77.1 Å². The summed E-state index contributed by atoms with van der Waals surface area (Å²) >= 11 is 1.73. The summed E-state index contributed by atoms with van der Waals surface area (Å²) in [6, 6.07) is 17.2. The lowest BCUT2D eigenvalue weighted by molar-refractivity contribution is -0.138. The molecule has 0 bridgehead atoms. The van der Waals surface area contributed by atoms with Crippen LogP contribution >= 0.6 is 11.8 Å². The number of dihydropyridines is 1. The van der Waals surface area contributed by atoms with Gasteiger partial charge in [-0.25, -0.2) is 4.79 Å². The lowest BCUT2D eigenvalue weighted by Gasteiger charge is -2.34. The van der Waals surface area contributed by atoms with Crippen molar-refractivity contribution in [2.75, 3.05) is 18.1 Å². The van der Waals surface area contributed by atoms with Gasteiger partial charge in [0.1, 0.15) is 18.1 Å². The van der Waals surface area contributed by atoms with Crippen LogP contribution < -0.4 is 10.1 Å². The van der Waals surface area contributed by atoms with Gasteiger partial charge in [0.2, 0.25) is 0 Å². The van der Waals surface area contributed by atoms with Crippen LogP contribution in [-0.4, -0.2) is 29.9 Å². The average Bonchev–Trinajstić information content (AvgIpc) is 2.82. The molecule has 0 saturated heterocycles. The predicted octanol–water partition coefficient (Wildman–Crippen LogP) is 5.74. The lowest BCUT2D eigenvalue weighted by Crippen LogP contribution is -2.34. The summed E-state index contributed by atoms with van der Waals surface area (Å²) in [4.78, 5) is 26.3. The molecule has 4 rings (SSSR count). The Labute approximate surface area is 199 Å². The van der Waals surface area contributed by atoms with Gasteiger partial charge in [-0.15, -0.1) is 0 Å². The van der Waals surface area contributed by atoms with Crippen molar-refractivity contribution in [3.05, 3.63) is 82.7 Å². The highest BCUT2D eigenvalue weighted by atomic mass is 32.2. The van der Waals surface area contributed by atoms with Crippen molar-refractivity contribution in [1.82, 2.24) is 5.32 Å².